The molecule has 0 bridgehead atoms. The summed E-state index contributed by atoms with van der Waals surface area (Å²) in [5, 5.41) is -0.0415. The number of alkyl halides is 3. The first-order chi connectivity index (χ1) is 12.3. The maximum atomic E-state index is 13.6. The molecule has 4 N–H and O–H groups in total. The largest absolute Gasteiger partial charge is 0.418 e. The molecule has 1 heterocycles. The Kier molecular flexibility index (Phi) is 6.94. The van der Waals surface area contributed by atoms with E-state index in [1.54, 1.807) is 6.07 Å². The molecule has 0 saturated carbocycles. The van der Waals surface area contributed by atoms with Crippen LogP contribution in [0.15, 0.2) is 18.2 Å². The molecule has 0 atom stereocenters. The maximum Gasteiger partial charge on any atom is 0.418 e. The van der Waals surface area contributed by atoms with Gasteiger partial charge in [0.2, 0.25) is 0 Å². The molecular weight excluding hydrogens is 363 g/mol. The van der Waals surface area contributed by atoms with Gasteiger partial charge in [0, 0.05) is 37.9 Å². The van der Waals surface area contributed by atoms with Crippen molar-refractivity contribution in [3.8, 4) is 0 Å². The third-order valence-electron chi connectivity index (χ3n) is 4.75. The molecule has 0 aliphatic carbocycles. The number of hydrogen-bond donors (Lipinski definition) is 3. The Morgan fingerprint density at radius 2 is 1.81 bits per heavy atom. The summed E-state index contributed by atoms with van der Waals surface area (Å²) in [6.45, 7) is 7.00. The van der Waals surface area contributed by atoms with Gasteiger partial charge in [-0.2, -0.15) is 13.2 Å². The topological polar surface area (TPSA) is 56.6 Å². The number of thiocarbonyl (C=S) groups is 1. The zero-order valence-corrected chi connectivity index (χ0v) is 15.9. The first kappa shape index (κ1) is 20.6. The molecule has 0 aromatic heterocycles. The summed E-state index contributed by atoms with van der Waals surface area (Å²) in [6.07, 6.45) is -2.33. The molecule has 1 aliphatic heterocycles. The molecule has 1 saturated heterocycles. The van der Waals surface area contributed by atoms with Gasteiger partial charge < -0.3 is 10.6 Å². The predicted molar refractivity (Wildman–Crippen MR) is 103 cm³/mol. The number of halogens is 3. The van der Waals surface area contributed by atoms with Crippen molar-refractivity contribution in [2.24, 2.45) is 5.73 Å². The van der Waals surface area contributed by atoms with Gasteiger partial charge in [-0.05, 0) is 43.3 Å². The van der Waals surface area contributed by atoms with Crippen LogP contribution in [-0.2, 0) is 6.18 Å². The number of nitrogens with zero attached hydrogens (tertiary/aromatic N) is 2. The van der Waals surface area contributed by atoms with Gasteiger partial charge in [-0.3, -0.25) is 15.8 Å². The highest BCUT2D eigenvalue weighted by atomic mass is 32.1. The lowest BCUT2D eigenvalue weighted by atomic mass is 10.1. The number of rotatable bonds is 6. The van der Waals surface area contributed by atoms with E-state index in [0.717, 1.165) is 32.0 Å². The van der Waals surface area contributed by atoms with Crippen LogP contribution in [0.2, 0.25) is 0 Å². The van der Waals surface area contributed by atoms with Crippen molar-refractivity contribution >= 4 is 28.7 Å². The third-order valence-corrected chi connectivity index (χ3v) is 4.85. The van der Waals surface area contributed by atoms with Crippen LogP contribution in [0.25, 0.3) is 0 Å². The molecule has 0 radical (unpaired) electrons. The molecule has 26 heavy (non-hydrogen) atoms. The van der Waals surface area contributed by atoms with E-state index in [1.807, 2.05) is 4.90 Å². The standard InChI is InChI=1S/C17H26F3N5S/c1-3-13(4-2)24-7-9-25(10-8-24)15-6-5-12(22-23-16(21)26)11-14(15)17(18,19)20/h5-6,11,13,22H,3-4,7-10H2,1-2H3,(H3,21,23,26). The lowest BCUT2D eigenvalue weighted by molar-refractivity contribution is -0.137. The van der Waals surface area contributed by atoms with Gasteiger partial charge in [-0.25, -0.2) is 0 Å². The monoisotopic (exact) mass is 389 g/mol. The van der Waals surface area contributed by atoms with Crippen LogP contribution in [0.4, 0.5) is 24.5 Å². The normalized spacial score (nSPS) is 16.0. The van der Waals surface area contributed by atoms with E-state index in [0.29, 0.717) is 19.1 Å². The van der Waals surface area contributed by atoms with E-state index in [2.05, 4.69) is 41.8 Å². The molecule has 9 heteroatoms. The van der Waals surface area contributed by atoms with Crippen LogP contribution >= 0.6 is 12.2 Å². The van der Waals surface area contributed by atoms with Gasteiger partial charge >= 0.3 is 6.18 Å². The van der Waals surface area contributed by atoms with Crippen LogP contribution in [0.5, 0.6) is 0 Å². The number of nitrogens with two attached hydrogens (primary N) is 1. The van der Waals surface area contributed by atoms with Crippen LogP contribution in [-0.4, -0.2) is 42.2 Å². The molecule has 0 spiro atoms. The Labute approximate surface area is 157 Å². The summed E-state index contributed by atoms with van der Waals surface area (Å²) in [5.41, 5.74) is 10.1. The summed E-state index contributed by atoms with van der Waals surface area (Å²) in [5.74, 6) is 0. The third kappa shape index (κ3) is 5.14. The molecule has 1 aromatic rings. The van der Waals surface area contributed by atoms with Crippen molar-refractivity contribution in [1.29, 1.82) is 0 Å². The van der Waals surface area contributed by atoms with E-state index >= 15 is 0 Å². The Morgan fingerprint density at radius 3 is 2.31 bits per heavy atom. The van der Waals surface area contributed by atoms with Crippen LogP contribution in [0, 0.1) is 0 Å². The highest BCUT2D eigenvalue weighted by Gasteiger charge is 2.36. The maximum absolute atomic E-state index is 13.6. The highest BCUT2D eigenvalue weighted by Crippen LogP contribution is 2.38. The SMILES string of the molecule is CCC(CC)N1CCN(c2ccc(NNC(N)=S)cc2C(F)(F)F)CC1. The Morgan fingerprint density at radius 1 is 1.19 bits per heavy atom. The quantitative estimate of drug-likeness (QED) is 0.513. The lowest BCUT2D eigenvalue weighted by Gasteiger charge is -2.40. The van der Waals surface area contributed by atoms with Gasteiger partial charge in [-0.15, -0.1) is 0 Å². The zero-order chi connectivity index (χ0) is 19.3. The van der Waals surface area contributed by atoms with Crippen molar-refractivity contribution in [2.45, 2.75) is 38.9 Å². The molecular formula is C17H26F3N5S. The first-order valence-electron chi connectivity index (χ1n) is 8.78. The number of hydrazine groups is 1. The van der Waals surface area contributed by atoms with Crippen LogP contribution in [0.3, 0.4) is 0 Å². The molecule has 5 nitrogen and oxygen atoms in total. The summed E-state index contributed by atoms with van der Waals surface area (Å²) >= 11 is 4.65. The highest BCUT2D eigenvalue weighted by molar-refractivity contribution is 7.80. The van der Waals surface area contributed by atoms with E-state index in [9.17, 15) is 13.2 Å². The minimum absolute atomic E-state index is 0.0415. The summed E-state index contributed by atoms with van der Waals surface area (Å²) < 4.78 is 40.7. The average molecular weight is 389 g/mol. The summed E-state index contributed by atoms with van der Waals surface area (Å²) in [4.78, 5) is 4.18. The Balaban J connectivity index is 2.17. The molecule has 1 aliphatic rings. The van der Waals surface area contributed by atoms with Gasteiger partial charge in [0.05, 0.1) is 11.3 Å². The minimum Gasteiger partial charge on any atom is -0.375 e. The second-order valence-corrected chi connectivity index (χ2v) is 6.78. The number of nitrogens with one attached hydrogen (secondary N) is 2. The van der Waals surface area contributed by atoms with E-state index in [-0.39, 0.29) is 16.5 Å². The first-order valence-corrected chi connectivity index (χ1v) is 9.18. The van der Waals surface area contributed by atoms with Gasteiger partial charge in [0.15, 0.2) is 5.11 Å². The molecule has 1 fully saturated rings. The average Bonchev–Trinajstić information content (AvgIpc) is 2.61. The van der Waals surface area contributed by atoms with E-state index < -0.39 is 11.7 Å². The van der Waals surface area contributed by atoms with Gasteiger partial charge in [0.1, 0.15) is 0 Å². The zero-order valence-electron chi connectivity index (χ0n) is 15.1. The van der Waals surface area contributed by atoms with Crippen molar-refractivity contribution in [2.75, 3.05) is 36.5 Å². The molecule has 0 unspecified atom stereocenters. The van der Waals surface area contributed by atoms with Crippen molar-refractivity contribution in [1.82, 2.24) is 10.3 Å². The van der Waals surface area contributed by atoms with E-state index in [1.165, 1.54) is 6.07 Å². The van der Waals surface area contributed by atoms with Crippen LogP contribution < -0.4 is 21.5 Å². The second-order valence-electron chi connectivity index (χ2n) is 6.34. The fraction of sp³-hybridized carbons (Fsp3) is 0.588. The number of anilines is 2. The van der Waals surface area contributed by atoms with Crippen molar-refractivity contribution in [3.63, 3.8) is 0 Å². The number of piperazine rings is 1. The Bertz CT molecular complexity index is 611. The minimum atomic E-state index is -4.44. The van der Waals surface area contributed by atoms with Crippen LogP contribution in [0.1, 0.15) is 32.3 Å². The lowest BCUT2D eigenvalue weighted by Crippen LogP contribution is -2.50. The fourth-order valence-electron chi connectivity index (χ4n) is 3.38. The molecule has 0 amide bonds. The molecule has 1 aromatic carbocycles. The smallest absolute Gasteiger partial charge is 0.375 e. The summed E-state index contributed by atoms with van der Waals surface area (Å²) in [7, 11) is 0. The Hall–Kier alpha value is -1.74. The predicted octanol–water partition coefficient (Wildman–Crippen LogP) is 3.18. The van der Waals surface area contributed by atoms with Crippen molar-refractivity contribution < 1.29 is 13.2 Å². The second kappa shape index (κ2) is 8.77. The van der Waals surface area contributed by atoms with Gasteiger partial charge in [-0.1, -0.05) is 13.8 Å². The fourth-order valence-corrected chi connectivity index (χ4v) is 3.43. The molecule has 146 valence electrons. The van der Waals surface area contributed by atoms with Gasteiger partial charge in [0.25, 0.3) is 0 Å². The molecule has 2 rings (SSSR count). The summed E-state index contributed by atoms with van der Waals surface area (Å²) in [6, 6.07) is 4.66. The van der Waals surface area contributed by atoms with E-state index in [4.69, 9.17) is 5.73 Å². The number of benzene rings is 1. The van der Waals surface area contributed by atoms with Crippen molar-refractivity contribution in [3.05, 3.63) is 23.8 Å². The number of hydrogen-bond acceptors (Lipinski definition) is 4.